The van der Waals surface area contributed by atoms with Crippen molar-refractivity contribution in [1.29, 1.82) is 5.26 Å². The van der Waals surface area contributed by atoms with Gasteiger partial charge in [0, 0.05) is 24.6 Å². The Bertz CT molecular complexity index is 548. The van der Waals surface area contributed by atoms with E-state index in [1.54, 1.807) is 0 Å². The van der Waals surface area contributed by atoms with Crippen LogP contribution in [-0.2, 0) is 19.5 Å². The van der Waals surface area contributed by atoms with E-state index in [2.05, 4.69) is 27.9 Å². The molecule has 1 aromatic carbocycles. The number of nitrogens with zero attached hydrogens (tertiary/aromatic N) is 3. The fourth-order valence-electron chi connectivity index (χ4n) is 1.96. The van der Waals surface area contributed by atoms with Crippen molar-refractivity contribution in [1.82, 2.24) is 9.55 Å². The average Bonchev–Trinajstić information content (AvgIpc) is 2.86. The van der Waals surface area contributed by atoms with Crippen molar-refractivity contribution in [3.63, 3.8) is 0 Å². The van der Waals surface area contributed by atoms with Gasteiger partial charge in [-0.25, -0.2) is 4.98 Å². The number of nitriles is 1. The summed E-state index contributed by atoms with van der Waals surface area (Å²) in [5, 5.41) is 12.0. The zero-order chi connectivity index (χ0) is 13.5. The number of aromatic nitrogens is 2. The minimum absolute atomic E-state index is 0.460. The molecule has 0 aliphatic carbocycles. The normalized spacial score (nSPS) is 10.1. The highest BCUT2D eigenvalue weighted by Gasteiger charge is 2.01. The Labute approximate surface area is 113 Å². The van der Waals surface area contributed by atoms with Gasteiger partial charge in [-0.15, -0.1) is 0 Å². The number of aryl methyl sites for hydroxylation is 1. The second-order valence-electron chi connectivity index (χ2n) is 4.42. The van der Waals surface area contributed by atoms with Gasteiger partial charge in [0.25, 0.3) is 0 Å². The number of nitrogens with one attached hydrogen (secondary N) is 1. The molecule has 0 bridgehead atoms. The van der Waals surface area contributed by atoms with E-state index in [9.17, 15) is 0 Å². The third-order valence-electron chi connectivity index (χ3n) is 2.95. The third-order valence-corrected chi connectivity index (χ3v) is 2.95. The van der Waals surface area contributed by atoms with Crippen molar-refractivity contribution in [3.8, 4) is 6.07 Å². The third kappa shape index (κ3) is 3.59. The first-order chi connectivity index (χ1) is 9.33. The quantitative estimate of drug-likeness (QED) is 0.862. The molecule has 19 heavy (non-hydrogen) atoms. The van der Waals surface area contributed by atoms with Gasteiger partial charge in [-0.2, -0.15) is 5.26 Å². The highest BCUT2D eigenvalue weighted by molar-refractivity contribution is 5.45. The molecule has 0 saturated heterocycles. The summed E-state index contributed by atoms with van der Waals surface area (Å²) in [5.41, 5.74) is 2.09. The molecule has 0 atom stereocenters. The Balaban J connectivity index is 1.94. The van der Waals surface area contributed by atoms with Gasteiger partial charge in [0.05, 0.1) is 19.0 Å². The maximum atomic E-state index is 8.62. The maximum absolute atomic E-state index is 8.62. The number of hydrogen-bond donors (Lipinski definition) is 1. The van der Waals surface area contributed by atoms with Crippen LogP contribution in [0.3, 0.4) is 0 Å². The monoisotopic (exact) mass is 254 g/mol. The second kappa shape index (κ2) is 6.60. The lowest BCUT2D eigenvalue weighted by Gasteiger charge is -2.09. The van der Waals surface area contributed by atoms with E-state index in [1.807, 2.05) is 36.7 Å². The summed E-state index contributed by atoms with van der Waals surface area (Å²) >= 11 is 0. The summed E-state index contributed by atoms with van der Waals surface area (Å²) in [6.45, 7) is 3.87. The molecule has 0 spiro atoms. The molecule has 1 aromatic heterocycles. The molecule has 4 heteroatoms. The zero-order valence-electron chi connectivity index (χ0n) is 11.1. The van der Waals surface area contributed by atoms with Gasteiger partial charge < -0.3 is 9.88 Å². The van der Waals surface area contributed by atoms with E-state index in [-0.39, 0.29) is 0 Å². The van der Waals surface area contributed by atoms with Crippen LogP contribution < -0.4 is 5.32 Å². The van der Waals surface area contributed by atoms with Crippen LogP contribution >= 0.6 is 0 Å². The molecular formula is C15H18N4. The van der Waals surface area contributed by atoms with Gasteiger partial charge >= 0.3 is 0 Å². The predicted molar refractivity (Wildman–Crippen MR) is 75.6 cm³/mol. The Morgan fingerprint density at radius 1 is 1.32 bits per heavy atom. The minimum atomic E-state index is 0.460. The summed E-state index contributed by atoms with van der Waals surface area (Å²) in [5.74, 6) is 1.04. The molecule has 1 heterocycles. The van der Waals surface area contributed by atoms with Crippen LogP contribution in [0.2, 0.25) is 0 Å². The molecule has 0 fully saturated rings. The molecule has 0 aliphatic rings. The molecule has 0 amide bonds. The summed E-state index contributed by atoms with van der Waals surface area (Å²) in [6, 6.07) is 10.1. The zero-order valence-corrected chi connectivity index (χ0v) is 11.1. The van der Waals surface area contributed by atoms with Crippen LogP contribution in [-0.4, -0.2) is 9.55 Å². The lowest BCUT2D eigenvalue weighted by Crippen LogP contribution is -2.08. The Hall–Kier alpha value is -2.28. The van der Waals surface area contributed by atoms with Crippen LogP contribution in [0.25, 0.3) is 0 Å². The summed E-state index contributed by atoms with van der Waals surface area (Å²) in [4.78, 5) is 4.35. The van der Waals surface area contributed by atoms with Crippen molar-refractivity contribution < 1.29 is 0 Å². The van der Waals surface area contributed by atoms with Crippen LogP contribution in [0.1, 0.15) is 24.7 Å². The highest BCUT2D eigenvalue weighted by atomic mass is 15.1. The van der Waals surface area contributed by atoms with Crippen LogP contribution in [0.4, 0.5) is 5.69 Å². The molecule has 0 saturated carbocycles. The van der Waals surface area contributed by atoms with Crippen molar-refractivity contribution in [3.05, 3.63) is 48.0 Å². The standard InChI is InChI=1S/C15H18N4/c1-2-10-19-11-9-17-15(19)12-18-14-5-3-13(4-6-14)7-8-16/h3-6,9,11,18H,2,7,10,12H2,1H3. The van der Waals surface area contributed by atoms with Crippen molar-refractivity contribution in [2.24, 2.45) is 0 Å². The molecular weight excluding hydrogens is 236 g/mol. The van der Waals surface area contributed by atoms with Crippen molar-refractivity contribution >= 4 is 5.69 Å². The minimum Gasteiger partial charge on any atom is -0.378 e. The van der Waals surface area contributed by atoms with Gasteiger partial charge in [0.1, 0.15) is 5.82 Å². The number of anilines is 1. The lowest BCUT2D eigenvalue weighted by molar-refractivity contribution is 0.644. The van der Waals surface area contributed by atoms with Gasteiger partial charge in [0.15, 0.2) is 0 Å². The topological polar surface area (TPSA) is 53.6 Å². The lowest BCUT2D eigenvalue weighted by atomic mass is 10.1. The molecule has 0 aliphatic heterocycles. The highest BCUT2D eigenvalue weighted by Crippen LogP contribution is 2.11. The first-order valence-electron chi connectivity index (χ1n) is 6.53. The van der Waals surface area contributed by atoms with Crippen LogP contribution in [0.15, 0.2) is 36.7 Å². The van der Waals surface area contributed by atoms with E-state index in [4.69, 9.17) is 5.26 Å². The van der Waals surface area contributed by atoms with Gasteiger partial charge in [-0.1, -0.05) is 19.1 Å². The Kier molecular flexibility index (Phi) is 4.57. The molecule has 1 N–H and O–H groups in total. The van der Waals surface area contributed by atoms with E-state index in [1.165, 1.54) is 0 Å². The predicted octanol–water partition coefficient (Wildman–Crippen LogP) is 2.97. The smallest absolute Gasteiger partial charge is 0.128 e. The second-order valence-corrected chi connectivity index (χ2v) is 4.42. The number of rotatable bonds is 6. The molecule has 4 nitrogen and oxygen atoms in total. The fraction of sp³-hybridized carbons (Fsp3) is 0.333. The molecule has 2 aromatic rings. The molecule has 98 valence electrons. The SMILES string of the molecule is CCCn1ccnc1CNc1ccc(CC#N)cc1. The van der Waals surface area contributed by atoms with E-state index < -0.39 is 0 Å². The van der Waals surface area contributed by atoms with Gasteiger partial charge in [-0.05, 0) is 24.1 Å². The summed E-state index contributed by atoms with van der Waals surface area (Å²) in [6.07, 6.45) is 5.41. The van der Waals surface area contributed by atoms with Gasteiger partial charge in [-0.3, -0.25) is 0 Å². The van der Waals surface area contributed by atoms with Crippen molar-refractivity contribution in [2.75, 3.05) is 5.32 Å². The van der Waals surface area contributed by atoms with Crippen LogP contribution in [0.5, 0.6) is 0 Å². The molecule has 0 radical (unpaired) electrons. The van der Waals surface area contributed by atoms with E-state index in [0.717, 1.165) is 30.0 Å². The Morgan fingerprint density at radius 3 is 2.79 bits per heavy atom. The summed E-state index contributed by atoms with van der Waals surface area (Å²) in [7, 11) is 0. The van der Waals surface area contributed by atoms with Crippen molar-refractivity contribution in [2.45, 2.75) is 32.9 Å². The maximum Gasteiger partial charge on any atom is 0.128 e. The first kappa shape index (κ1) is 13.2. The van der Waals surface area contributed by atoms with Gasteiger partial charge in [0.2, 0.25) is 0 Å². The first-order valence-corrected chi connectivity index (χ1v) is 6.53. The van der Waals surface area contributed by atoms with E-state index >= 15 is 0 Å². The molecule has 0 unspecified atom stereocenters. The van der Waals surface area contributed by atoms with E-state index in [0.29, 0.717) is 13.0 Å². The van der Waals surface area contributed by atoms with Crippen LogP contribution in [0, 0.1) is 11.3 Å². The number of hydrogen-bond acceptors (Lipinski definition) is 3. The fourth-order valence-corrected chi connectivity index (χ4v) is 1.96. The number of benzene rings is 1. The summed E-state index contributed by atoms with van der Waals surface area (Å²) < 4.78 is 2.16. The average molecular weight is 254 g/mol. The Morgan fingerprint density at radius 2 is 2.11 bits per heavy atom. The largest absolute Gasteiger partial charge is 0.378 e. The number of imidazole rings is 1. The molecule has 2 rings (SSSR count).